The Hall–Kier alpha value is -5.28. The van der Waals surface area contributed by atoms with Gasteiger partial charge in [0, 0.05) is 51.0 Å². The first-order valence-electron chi connectivity index (χ1n) is 16.4. The maximum atomic E-state index is 6.58. The molecule has 46 heavy (non-hydrogen) atoms. The van der Waals surface area contributed by atoms with Gasteiger partial charge in [-0.2, -0.15) is 0 Å². The summed E-state index contributed by atoms with van der Waals surface area (Å²) in [6.07, 6.45) is 17.0. The molecule has 3 heteroatoms. The molecule has 4 aromatic carbocycles. The van der Waals surface area contributed by atoms with E-state index < -0.39 is 5.41 Å². The highest BCUT2D eigenvalue weighted by Crippen LogP contribution is 2.59. The van der Waals surface area contributed by atoms with Gasteiger partial charge in [0.15, 0.2) is 0 Å². The van der Waals surface area contributed by atoms with E-state index in [-0.39, 0.29) is 11.8 Å². The summed E-state index contributed by atoms with van der Waals surface area (Å²) in [5.74, 6) is 2.30. The SMILES string of the molecule is C1=CC(c2ccc3ccc4ccc(C5CC=CCC5)nc4c3n2)C(C2(c3ccccc3)c3ccccc3Oc3ccccc32)C=C1. The number of hydrogen-bond donors (Lipinski definition) is 0. The number of para-hydroxylation sites is 2. The quantitative estimate of drug-likeness (QED) is 0.150. The second-order valence-electron chi connectivity index (χ2n) is 12.8. The van der Waals surface area contributed by atoms with Gasteiger partial charge in [0.2, 0.25) is 0 Å². The number of aromatic nitrogens is 2. The molecule has 3 unspecified atom stereocenters. The first-order valence-corrected chi connectivity index (χ1v) is 16.4. The normalized spacial score (nSPS) is 21.1. The second kappa shape index (κ2) is 11.0. The lowest BCUT2D eigenvalue weighted by Gasteiger charge is -2.47. The Balaban J connectivity index is 1.26. The maximum absolute atomic E-state index is 6.58. The van der Waals surface area contributed by atoms with Crippen molar-refractivity contribution in [3.8, 4) is 11.5 Å². The summed E-state index contributed by atoms with van der Waals surface area (Å²) < 4.78 is 6.58. The predicted octanol–water partition coefficient (Wildman–Crippen LogP) is 10.6. The van der Waals surface area contributed by atoms with E-state index in [1.807, 2.05) is 0 Å². The second-order valence-corrected chi connectivity index (χ2v) is 12.8. The number of fused-ring (bicyclic) bond motifs is 5. The monoisotopic (exact) mass is 594 g/mol. The van der Waals surface area contributed by atoms with Crippen molar-refractivity contribution < 1.29 is 4.74 Å². The van der Waals surface area contributed by atoms with Crippen LogP contribution < -0.4 is 4.74 Å². The lowest BCUT2D eigenvalue weighted by atomic mass is 9.56. The minimum absolute atomic E-state index is 0.00994. The fourth-order valence-corrected chi connectivity index (χ4v) is 8.17. The predicted molar refractivity (Wildman–Crippen MR) is 187 cm³/mol. The van der Waals surface area contributed by atoms with Crippen LogP contribution in [0.25, 0.3) is 21.8 Å². The fourth-order valence-electron chi connectivity index (χ4n) is 8.17. The zero-order valence-electron chi connectivity index (χ0n) is 25.6. The molecule has 3 atom stereocenters. The molecular weight excluding hydrogens is 560 g/mol. The standard InChI is InChI=1S/C43H34N2O/c1-3-13-29(14-4-1)37-27-25-30-23-24-31-26-28-38(45-42(31)41(30)44-37)33-17-7-8-18-34(33)43(32-15-5-2-6-16-32)35-19-9-11-21-39(35)46-40-22-12-10-20-36(40)43/h1-3,5-12,15-29,33-34H,4,13-14H2. The largest absolute Gasteiger partial charge is 0.457 e. The highest BCUT2D eigenvalue weighted by atomic mass is 16.5. The van der Waals surface area contributed by atoms with Gasteiger partial charge in [0.25, 0.3) is 0 Å². The van der Waals surface area contributed by atoms with Gasteiger partial charge in [-0.05, 0) is 49.1 Å². The van der Waals surface area contributed by atoms with Crippen molar-refractivity contribution in [2.24, 2.45) is 5.92 Å². The molecule has 0 fully saturated rings. The van der Waals surface area contributed by atoms with Crippen molar-refractivity contribution in [3.63, 3.8) is 0 Å². The van der Waals surface area contributed by atoms with Crippen LogP contribution in [0.4, 0.5) is 0 Å². The van der Waals surface area contributed by atoms with Gasteiger partial charge in [-0.3, -0.25) is 4.98 Å². The molecule has 9 rings (SSSR count). The minimum atomic E-state index is -0.506. The minimum Gasteiger partial charge on any atom is -0.457 e. The summed E-state index contributed by atoms with van der Waals surface area (Å²) in [5.41, 5.74) is 7.29. The van der Waals surface area contributed by atoms with Crippen LogP contribution >= 0.6 is 0 Å². The van der Waals surface area contributed by atoms with Gasteiger partial charge >= 0.3 is 0 Å². The number of benzene rings is 4. The highest BCUT2D eigenvalue weighted by Gasteiger charge is 2.51. The van der Waals surface area contributed by atoms with Gasteiger partial charge in [-0.15, -0.1) is 0 Å². The van der Waals surface area contributed by atoms with E-state index in [2.05, 4.69) is 152 Å². The number of ether oxygens (including phenoxy) is 1. The average Bonchev–Trinajstić information content (AvgIpc) is 3.14. The van der Waals surface area contributed by atoms with Crippen LogP contribution in [0.2, 0.25) is 0 Å². The summed E-state index contributed by atoms with van der Waals surface area (Å²) in [4.78, 5) is 10.8. The molecule has 0 bridgehead atoms. The summed E-state index contributed by atoms with van der Waals surface area (Å²) in [6.45, 7) is 0. The number of pyridine rings is 2. The molecule has 6 aromatic rings. The molecule has 3 heterocycles. The molecule has 0 saturated carbocycles. The molecule has 0 spiro atoms. The molecule has 0 N–H and O–H groups in total. The van der Waals surface area contributed by atoms with E-state index in [9.17, 15) is 0 Å². The summed E-state index contributed by atoms with van der Waals surface area (Å²) in [5, 5.41) is 2.26. The summed E-state index contributed by atoms with van der Waals surface area (Å²) >= 11 is 0. The molecule has 0 radical (unpaired) electrons. The topological polar surface area (TPSA) is 35.0 Å². The van der Waals surface area contributed by atoms with E-state index in [4.69, 9.17) is 14.7 Å². The van der Waals surface area contributed by atoms with Crippen molar-refractivity contribution in [1.82, 2.24) is 9.97 Å². The Morgan fingerprint density at radius 3 is 1.89 bits per heavy atom. The Morgan fingerprint density at radius 1 is 0.587 bits per heavy atom. The van der Waals surface area contributed by atoms with Crippen molar-refractivity contribution in [3.05, 3.63) is 180 Å². The van der Waals surface area contributed by atoms with Crippen molar-refractivity contribution in [2.75, 3.05) is 0 Å². The number of rotatable bonds is 4. The van der Waals surface area contributed by atoms with E-state index in [0.717, 1.165) is 58.3 Å². The van der Waals surface area contributed by atoms with Crippen LogP contribution in [0.3, 0.4) is 0 Å². The highest BCUT2D eigenvalue weighted by molar-refractivity contribution is 6.02. The lowest BCUT2D eigenvalue weighted by molar-refractivity contribution is 0.347. The molecule has 3 aliphatic rings. The van der Waals surface area contributed by atoms with E-state index in [1.165, 1.54) is 22.4 Å². The van der Waals surface area contributed by atoms with Crippen LogP contribution in [0.15, 0.2) is 152 Å². The fraction of sp³-hybridized carbons (Fsp3) is 0.163. The van der Waals surface area contributed by atoms with Gasteiger partial charge in [-0.1, -0.05) is 127 Å². The van der Waals surface area contributed by atoms with Crippen molar-refractivity contribution >= 4 is 21.8 Å². The third kappa shape index (κ3) is 4.19. The lowest BCUT2D eigenvalue weighted by Crippen LogP contribution is -2.42. The summed E-state index contributed by atoms with van der Waals surface area (Å²) in [6, 6.07) is 41.3. The molecule has 3 nitrogen and oxygen atoms in total. The Bertz CT molecular complexity index is 2150. The van der Waals surface area contributed by atoms with E-state index >= 15 is 0 Å². The van der Waals surface area contributed by atoms with Crippen molar-refractivity contribution in [1.29, 1.82) is 0 Å². The first-order chi connectivity index (χ1) is 22.8. The van der Waals surface area contributed by atoms with Crippen LogP contribution in [0, 0.1) is 5.92 Å². The van der Waals surface area contributed by atoms with Gasteiger partial charge in [-0.25, -0.2) is 4.98 Å². The molecule has 2 aromatic heterocycles. The van der Waals surface area contributed by atoms with Crippen molar-refractivity contribution in [2.45, 2.75) is 36.5 Å². The summed E-state index contributed by atoms with van der Waals surface area (Å²) in [7, 11) is 0. The van der Waals surface area contributed by atoms with Gasteiger partial charge in [0.05, 0.1) is 16.4 Å². The molecular formula is C43H34N2O. The third-order valence-electron chi connectivity index (χ3n) is 10.3. The van der Waals surface area contributed by atoms with Crippen LogP contribution in [-0.2, 0) is 5.41 Å². The zero-order chi connectivity index (χ0) is 30.5. The van der Waals surface area contributed by atoms with Crippen LogP contribution in [0.5, 0.6) is 11.5 Å². The van der Waals surface area contributed by atoms with Gasteiger partial charge in [0.1, 0.15) is 11.5 Å². The van der Waals surface area contributed by atoms with E-state index in [1.54, 1.807) is 0 Å². The molecule has 2 aliphatic carbocycles. The maximum Gasteiger partial charge on any atom is 0.131 e. The Kier molecular flexibility index (Phi) is 6.45. The molecule has 0 amide bonds. The van der Waals surface area contributed by atoms with E-state index in [0.29, 0.717) is 5.92 Å². The van der Waals surface area contributed by atoms with Crippen LogP contribution in [-0.4, -0.2) is 9.97 Å². The first kappa shape index (κ1) is 27.1. The molecule has 222 valence electrons. The Morgan fingerprint density at radius 2 is 1.20 bits per heavy atom. The smallest absolute Gasteiger partial charge is 0.131 e. The zero-order valence-corrected chi connectivity index (χ0v) is 25.6. The number of allylic oxidation sites excluding steroid dienone is 6. The Labute approximate surface area is 269 Å². The van der Waals surface area contributed by atoms with Crippen LogP contribution in [0.1, 0.15) is 59.2 Å². The number of hydrogen-bond acceptors (Lipinski definition) is 3. The average molecular weight is 595 g/mol. The molecule has 0 saturated heterocycles. The number of nitrogens with zero attached hydrogens (tertiary/aromatic N) is 2. The third-order valence-corrected chi connectivity index (χ3v) is 10.3. The van der Waals surface area contributed by atoms with Gasteiger partial charge < -0.3 is 4.74 Å². The molecule has 1 aliphatic heterocycles.